The molecule has 0 saturated carbocycles. The fourth-order valence-electron chi connectivity index (χ4n) is 1.29. The molecule has 5 heteroatoms. The Morgan fingerprint density at radius 1 is 1.19 bits per heavy atom. The zero-order valence-corrected chi connectivity index (χ0v) is 8.82. The van der Waals surface area contributed by atoms with Gasteiger partial charge in [-0.2, -0.15) is 0 Å². The van der Waals surface area contributed by atoms with Gasteiger partial charge in [-0.15, -0.1) is 0 Å². The van der Waals surface area contributed by atoms with Gasteiger partial charge in [0.2, 0.25) is 5.95 Å². The second-order valence-electron chi connectivity index (χ2n) is 3.35. The summed E-state index contributed by atoms with van der Waals surface area (Å²) in [4.78, 5) is 17.9. The summed E-state index contributed by atoms with van der Waals surface area (Å²) in [6, 6.07) is 11.0. The van der Waals surface area contributed by atoms with Crippen LogP contribution in [-0.2, 0) is 0 Å². The summed E-state index contributed by atoms with van der Waals surface area (Å²) in [5.41, 5.74) is 7.15. The molecule has 0 aliphatic carbocycles. The Morgan fingerprint density at radius 3 is 2.62 bits per heavy atom. The second-order valence-corrected chi connectivity index (χ2v) is 3.35. The first kappa shape index (κ1) is 10.2. The van der Waals surface area contributed by atoms with Crippen LogP contribution in [-0.4, -0.2) is 9.97 Å². The number of aromatic amines is 1. The molecule has 1 aromatic heterocycles. The topological polar surface area (TPSA) is 69.8 Å². The highest BCUT2D eigenvalue weighted by Gasteiger charge is 1.96. The van der Waals surface area contributed by atoms with Crippen LogP contribution >= 0.6 is 0 Å². The van der Waals surface area contributed by atoms with Crippen LogP contribution in [0.25, 0.3) is 0 Å². The molecule has 1 heterocycles. The first-order chi connectivity index (χ1) is 7.74. The van der Waals surface area contributed by atoms with E-state index in [1.807, 2.05) is 30.3 Å². The van der Waals surface area contributed by atoms with Crippen molar-refractivity contribution in [1.29, 1.82) is 0 Å². The predicted molar refractivity (Wildman–Crippen MR) is 63.3 cm³/mol. The van der Waals surface area contributed by atoms with E-state index in [9.17, 15) is 4.79 Å². The molecule has 2 rings (SSSR count). The lowest BCUT2D eigenvalue weighted by Gasteiger charge is -2.08. The lowest BCUT2D eigenvalue weighted by atomic mass is 10.3. The Labute approximate surface area is 92.5 Å². The van der Waals surface area contributed by atoms with Crippen LogP contribution in [0, 0.1) is 6.92 Å². The number of rotatable bonds is 3. The average Bonchev–Trinajstić information content (AvgIpc) is 2.27. The van der Waals surface area contributed by atoms with Crippen LogP contribution in [0.15, 0.2) is 41.2 Å². The zero-order chi connectivity index (χ0) is 11.4. The van der Waals surface area contributed by atoms with Crippen molar-refractivity contribution in [3.05, 3.63) is 52.4 Å². The Morgan fingerprint density at radius 2 is 1.94 bits per heavy atom. The van der Waals surface area contributed by atoms with Gasteiger partial charge in [-0.1, -0.05) is 18.2 Å². The number of H-pyrrole nitrogens is 1. The molecule has 0 bridgehead atoms. The number of nitrogens with one attached hydrogen (secondary N) is 3. The lowest BCUT2D eigenvalue weighted by Crippen LogP contribution is -2.16. The van der Waals surface area contributed by atoms with Gasteiger partial charge in [-0.05, 0) is 19.1 Å². The summed E-state index contributed by atoms with van der Waals surface area (Å²) in [6.07, 6.45) is 0. The molecule has 0 aliphatic rings. The molecule has 0 spiro atoms. The molecule has 0 fully saturated rings. The summed E-state index contributed by atoms with van der Waals surface area (Å²) in [5, 5.41) is 0. The monoisotopic (exact) mass is 216 g/mol. The summed E-state index contributed by atoms with van der Waals surface area (Å²) in [5.74, 6) is 0.397. The van der Waals surface area contributed by atoms with Crippen molar-refractivity contribution in [3.63, 3.8) is 0 Å². The van der Waals surface area contributed by atoms with E-state index in [4.69, 9.17) is 0 Å². The van der Waals surface area contributed by atoms with Gasteiger partial charge in [0.25, 0.3) is 5.56 Å². The van der Waals surface area contributed by atoms with Crippen molar-refractivity contribution < 1.29 is 0 Å². The van der Waals surface area contributed by atoms with E-state index in [-0.39, 0.29) is 5.56 Å². The highest BCUT2D eigenvalue weighted by atomic mass is 16.1. The summed E-state index contributed by atoms with van der Waals surface area (Å²) in [7, 11) is 0. The number of aryl methyl sites for hydroxylation is 1. The first-order valence-corrected chi connectivity index (χ1v) is 4.89. The third-order valence-corrected chi connectivity index (χ3v) is 1.97. The smallest absolute Gasteiger partial charge is 0.252 e. The lowest BCUT2D eigenvalue weighted by molar-refractivity contribution is 1.06. The molecule has 0 aliphatic heterocycles. The van der Waals surface area contributed by atoms with Crippen LogP contribution in [0.4, 0.5) is 11.6 Å². The molecule has 82 valence electrons. The molecule has 0 saturated heterocycles. The quantitative estimate of drug-likeness (QED) is 0.680. The maximum atomic E-state index is 11.2. The second kappa shape index (κ2) is 4.48. The largest absolute Gasteiger partial charge is 0.298 e. The van der Waals surface area contributed by atoms with Crippen LogP contribution in [0.2, 0.25) is 0 Å². The minimum atomic E-state index is -0.176. The van der Waals surface area contributed by atoms with Gasteiger partial charge in [-0.25, -0.2) is 4.98 Å². The Balaban J connectivity index is 2.08. The molecule has 0 radical (unpaired) electrons. The predicted octanol–water partition coefficient (Wildman–Crippen LogP) is 1.52. The van der Waals surface area contributed by atoms with Crippen molar-refractivity contribution in [1.82, 2.24) is 9.97 Å². The van der Waals surface area contributed by atoms with E-state index in [1.165, 1.54) is 6.07 Å². The van der Waals surface area contributed by atoms with E-state index in [0.717, 1.165) is 5.69 Å². The minimum absolute atomic E-state index is 0.176. The number of hydrogen-bond donors (Lipinski definition) is 3. The summed E-state index contributed by atoms with van der Waals surface area (Å²) >= 11 is 0. The van der Waals surface area contributed by atoms with E-state index < -0.39 is 0 Å². The number of para-hydroxylation sites is 1. The summed E-state index contributed by atoms with van der Waals surface area (Å²) < 4.78 is 0. The van der Waals surface area contributed by atoms with Crippen LogP contribution in [0.1, 0.15) is 5.69 Å². The molecular weight excluding hydrogens is 204 g/mol. The number of benzene rings is 1. The number of hydrogen-bond acceptors (Lipinski definition) is 4. The average molecular weight is 216 g/mol. The van der Waals surface area contributed by atoms with Crippen LogP contribution < -0.4 is 16.4 Å². The molecule has 0 atom stereocenters. The number of aromatic nitrogens is 2. The molecular formula is C11H12N4O. The normalized spacial score (nSPS) is 9.81. The van der Waals surface area contributed by atoms with Gasteiger partial charge in [0.1, 0.15) is 0 Å². The molecule has 3 N–H and O–H groups in total. The van der Waals surface area contributed by atoms with Crippen molar-refractivity contribution in [2.75, 3.05) is 10.9 Å². The van der Waals surface area contributed by atoms with E-state index in [1.54, 1.807) is 6.92 Å². The SMILES string of the molecule is Cc1cc(=O)[nH]c(NNc2ccccc2)n1. The van der Waals surface area contributed by atoms with Crippen molar-refractivity contribution in [3.8, 4) is 0 Å². The Bertz CT molecular complexity index is 521. The standard InChI is InChI=1S/C11H12N4O/c1-8-7-10(16)13-11(12-8)15-14-9-5-3-2-4-6-9/h2-7,14H,1H3,(H2,12,13,15,16). The van der Waals surface area contributed by atoms with Gasteiger partial charge in [-0.3, -0.25) is 20.6 Å². The maximum absolute atomic E-state index is 11.2. The highest BCUT2D eigenvalue weighted by molar-refractivity contribution is 5.46. The van der Waals surface area contributed by atoms with Crippen LogP contribution in [0.5, 0.6) is 0 Å². The van der Waals surface area contributed by atoms with Gasteiger partial charge < -0.3 is 0 Å². The van der Waals surface area contributed by atoms with Gasteiger partial charge in [0, 0.05) is 11.8 Å². The molecule has 5 nitrogen and oxygen atoms in total. The fourth-order valence-corrected chi connectivity index (χ4v) is 1.29. The molecule has 0 amide bonds. The third kappa shape index (κ3) is 2.60. The Hall–Kier alpha value is -2.30. The maximum Gasteiger partial charge on any atom is 0.252 e. The zero-order valence-electron chi connectivity index (χ0n) is 8.82. The fraction of sp³-hybridized carbons (Fsp3) is 0.0909. The molecule has 1 aromatic carbocycles. The molecule has 0 unspecified atom stereocenters. The van der Waals surface area contributed by atoms with Gasteiger partial charge in [0.05, 0.1) is 5.69 Å². The van der Waals surface area contributed by atoms with Gasteiger partial charge in [0.15, 0.2) is 0 Å². The first-order valence-electron chi connectivity index (χ1n) is 4.89. The van der Waals surface area contributed by atoms with Crippen molar-refractivity contribution in [2.45, 2.75) is 6.92 Å². The minimum Gasteiger partial charge on any atom is -0.298 e. The molecule has 2 aromatic rings. The third-order valence-electron chi connectivity index (χ3n) is 1.97. The number of hydrazine groups is 1. The Kier molecular flexibility index (Phi) is 2.86. The van der Waals surface area contributed by atoms with Crippen molar-refractivity contribution >= 4 is 11.6 Å². The highest BCUT2D eigenvalue weighted by Crippen LogP contribution is 2.05. The number of anilines is 2. The van der Waals surface area contributed by atoms with Gasteiger partial charge >= 0.3 is 0 Å². The molecule has 16 heavy (non-hydrogen) atoms. The van der Waals surface area contributed by atoms with E-state index >= 15 is 0 Å². The van der Waals surface area contributed by atoms with E-state index in [2.05, 4.69) is 20.8 Å². The van der Waals surface area contributed by atoms with Crippen LogP contribution in [0.3, 0.4) is 0 Å². The van der Waals surface area contributed by atoms with E-state index in [0.29, 0.717) is 11.6 Å². The number of nitrogens with zero attached hydrogens (tertiary/aromatic N) is 1. The summed E-state index contributed by atoms with van der Waals surface area (Å²) in [6.45, 7) is 1.77. The van der Waals surface area contributed by atoms with Crippen molar-refractivity contribution in [2.24, 2.45) is 0 Å².